The van der Waals surface area contributed by atoms with E-state index in [0.29, 0.717) is 12.0 Å². The normalized spacial score (nSPS) is 18.3. The molecule has 0 N–H and O–H groups in total. The van der Waals surface area contributed by atoms with Crippen LogP contribution in [0.2, 0.25) is 0 Å². The number of aryl methyl sites for hydroxylation is 1. The van der Waals surface area contributed by atoms with Gasteiger partial charge < -0.3 is 4.90 Å². The number of amides is 1. The van der Waals surface area contributed by atoms with E-state index >= 15 is 0 Å². The number of hydrogen-bond acceptors (Lipinski definition) is 3. The second-order valence-corrected chi connectivity index (χ2v) is 6.93. The molecule has 104 valence electrons. The predicted molar refractivity (Wildman–Crippen MR) is 70.0 cm³/mol. The molecule has 1 aliphatic heterocycles. The fraction of sp³-hybridized carbons (Fsp3) is 0.462. The Bertz CT molecular complexity index is 557. The van der Waals surface area contributed by atoms with E-state index in [1.165, 1.54) is 6.07 Å². The summed E-state index contributed by atoms with van der Waals surface area (Å²) in [5.74, 6) is -0.369. The Labute approximate surface area is 112 Å². The van der Waals surface area contributed by atoms with Gasteiger partial charge in [-0.15, -0.1) is 0 Å². The van der Waals surface area contributed by atoms with Gasteiger partial charge >= 0.3 is 0 Å². The van der Waals surface area contributed by atoms with E-state index in [0.717, 1.165) is 0 Å². The summed E-state index contributed by atoms with van der Waals surface area (Å²) in [6, 6.07) is 6.36. The zero-order chi connectivity index (χ0) is 13.9. The van der Waals surface area contributed by atoms with Gasteiger partial charge in [0.1, 0.15) is 5.82 Å². The van der Waals surface area contributed by atoms with Crippen LogP contribution in [0, 0.1) is 5.82 Å². The maximum absolute atomic E-state index is 13.4. The van der Waals surface area contributed by atoms with E-state index in [4.69, 9.17) is 0 Å². The highest BCUT2D eigenvalue weighted by atomic mass is 32.2. The number of halogens is 1. The van der Waals surface area contributed by atoms with Crippen molar-refractivity contribution in [3.63, 3.8) is 0 Å². The lowest BCUT2D eigenvalue weighted by atomic mass is 10.1. The molecule has 1 heterocycles. The molecular formula is C13H16FNO3S. The van der Waals surface area contributed by atoms with Gasteiger partial charge in [0, 0.05) is 19.5 Å². The van der Waals surface area contributed by atoms with Gasteiger partial charge in [0.05, 0.1) is 11.5 Å². The van der Waals surface area contributed by atoms with E-state index < -0.39 is 9.84 Å². The van der Waals surface area contributed by atoms with Crippen LogP contribution in [0.15, 0.2) is 24.3 Å². The molecule has 0 saturated carbocycles. The SMILES string of the molecule is O=C(CCc1ccccc1F)N1CCS(=O)(=O)CC1. The average molecular weight is 285 g/mol. The van der Waals surface area contributed by atoms with Crippen LogP contribution in [0.4, 0.5) is 4.39 Å². The summed E-state index contributed by atoms with van der Waals surface area (Å²) in [6.45, 7) is 0.497. The Morgan fingerprint density at radius 1 is 1.21 bits per heavy atom. The number of benzene rings is 1. The number of carbonyl (C=O) groups excluding carboxylic acids is 1. The minimum atomic E-state index is -2.98. The predicted octanol–water partition coefficient (Wildman–Crippen LogP) is 1.02. The maximum Gasteiger partial charge on any atom is 0.222 e. The van der Waals surface area contributed by atoms with Gasteiger partial charge in [0.15, 0.2) is 9.84 Å². The van der Waals surface area contributed by atoms with E-state index in [1.54, 1.807) is 23.1 Å². The summed E-state index contributed by atoms with van der Waals surface area (Å²) in [5.41, 5.74) is 0.514. The largest absolute Gasteiger partial charge is 0.341 e. The van der Waals surface area contributed by atoms with E-state index in [2.05, 4.69) is 0 Å². The average Bonchev–Trinajstić information content (AvgIpc) is 2.37. The first-order valence-corrected chi connectivity index (χ1v) is 8.02. The van der Waals surface area contributed by atoms with Crippen molar-refractivity contribution in [1.82, 2.24) is 4.90 Å². The third kappa shape index (κ3) is 3.76. The van der Waals surface area contributed by atoms with Gasteiger partial charge in [-0.3, -0.25) is 4.79 Å². The Morgan fingerprint density at radius 3 is 2.47 bits per heavy atom. The van der Waals surface area contributed by atoms with Crippen molar-refractivity contribution in [3.05, 3.63) is 35.6 Å². The van der Waals surface area contributed by atoms with Crippen molar-refractivity contribution < 1.29 is 17.6 Å². The van der Waals surface area contributed by atoms with Crippen LogP contribution in [-0.2, 0) is 21.1 Å². The van der Waals surface area contributed by atoms with Gasteiger partial charge in [-0.1, -0.05) is 18.2 Å². The number of nitrogens with zero attached hydrogens (tertiary/aromatic N) is 1. The summed E-state index contributed by atoms with van der Waals surface area (Å²) >= 11 is 0. The van der Waals surface area contributed by atoms with Gasteiger partial charge in [0.2, 0.25) is 5.91 Å². The van der Waals surface area contributed by atoms with E-state index in [-0.39, 0.29) is 42.7 Å². The topological polar surface area (TPSA) is 54.5 Å². The smallest absolute Gasteiger partial charge is 0.222 e. The minimum Gasteiger partial charge on any atom is -0.341 e. The fourth-order valence-electron chi connectivity index (χ4n) is 2.06. The summed E-state index contributed by atoms with van der Waals surface area (Å²) in [6.07, 6.45) is 0.551. The molecule has 19 heavy (non-hydrogen) atoms. The molecule has 6 heteroatoms. The Kier molecular flexibility index (Phi) is 4.19. The Hall–Kier alpha value is -1.43. The lowest BCUT2D eigenvalue weighted by molar-refractivity contribution is -0.130. The van der Waals surface area contributed by atoms with Crippen molar-refractivity contribution in [2.75, 3.05) is 24.6 Å². The van der Waals surface area contributed by atoms with Crippen LogP contribution in [0.1, 0.15) is 12.0 Å². The highest BCUT2D eigenvalue weighted by molar-refractivity contribution is 7.91. The van der Waals surface area contributed by atoms with Crippen molar-refractivity contribution >= 4 is 15.7 Å². The Balaban J connectivity index is 1.87. The fourth-order valence-corrected chi connectivity index (χ4v) is 3.26. The summed E-state index contributed by atoms with van der Waals surface area (Å²) < 4.78 is 35.9. The summed E-state index contributed by atoms with van der Waals surface area (Å²) in [5, 5.41) is 0. The summed E-state index contributed by atoms with van der Waals surface area (Å²) in [7, 11) is -2.98. The maximum atomic E-state index is 13.4. The minimum absolute atomic E-state index is 0.0262. The molecule has 1 saturated heterocycles. The zero-order valence-corrected chi connectivity index (χ0v) is 11.3. The zero-order valence-electron chi connectivity index (χ0n) is 10.5. The van der Waals surface area contributed by atoms with Crippen LogP contribution < -0.4 is 0 Å². The molecule has 0 atom stereocenters. The van der Waals surface area contributed by atoms with Crippen molar-refractivity contribution in [1.29, 1.82) is 0 Å². The molecule has 2 rings (SSSR count). The molecule has 1 amide bonds. The molecule has 1 aromatic rings. The van der Waals surface area contributed by atoms with Crippen molar-refractivity contribution in [2.24, 2.45) is 0 Å². The van der Waals surface area contributed by atoms with Gasteiger partial charge in [-0.25, -0.2) is 12.8 Å². The highest BCUT2D eigenvalue weighted by Gasteiger charge is 2.24. The lowest BCUT2D eigenvalue weighted by Gasteiger charge is -2.26. The molecule has 0 bridgehead atoms. The molecule has 4 nitrogen and oxygen atoms in total. The molecule has 1 fully saturated rings. The van der Waals surface area contributed by atoms with Crippen LogP contribution in [-0.4, -0.2) is 43.8 Å². The standard InChI is InChI=1S/C13H16FNO3S/c14-12-4-2-1-3-11(12)5-6-13(16)15-7-9-19(17,18)10-8-15/h1-4H,5-10H2. The van der Waals surface area contributed by atoms with E-state index in [9.17, 15) is 17.6 Å². The van der Waals surface area contributed by atoms with Crippen LogP contribution in [0.5, 0.6) is 0 Å². The van der Waals surface area contributed by atoms with E-state index in [1.807, 2.05) is 0 Å². The molecule has 0 radical (unpaired) electrons. The first-order chi connectivity index (χ1) is 8.98. The van der Waals surface area contributed by atoms with Crippen LogP contribution in [0.3, 0.4) is 0 Å². The second-order valence-electron chi connectivity index (χ2n) is 4.62. The molecule has 1 aliphatic rings. The molecule has 0 spiro atoms. The second kappa shape index (κ2) is 5.69. The van der Waals surface area contributed by atoms with Gasteiger partial charge in [-0.2, -0.15) is 0 Å². The first-order valence-electron chi connectivity index (χ1n) is 6.19. The molecule has 0 unspecified atom stereocenters. The first kappa shape index (κ1) is 14.0. The molecular weight excluding hydrogens is 269 g/mol. The quantitative estimate of drug-likeness (QED) is 0.833. The van der Waals surface area contributed by atoms with Crippen molar-refractivity contribution in [3.8, 4) is 0 Å². The lowest BCUT2D eigenvalue weighted by Crippen LogP contribution is -2.43. The third-order valence-electron chi connectivity index (χ3n) is 3.26. The van der Waals surface area contributed by atoms with Gasteiger partial charge in [-0.05, 0) is 18.1 Å². The number of carbonyl (C=O) groups is 1. The third-order valence-corrected chi connectivity index (χ3v) is 4.87. The van der Waals surface area contributed by atoms with Crippen LogP contribution >= 0.6 is 0 Å². The Morgan fingerprint density at radius 2 is 1.84 bits per heavy atom. The number of hydrogen-bond donors (Lipinski definition) is 0. The highest BCUT2D eigenvalue weighted by Crippen LogP contribution is 2.11. The molecule has 0 aliphatic carbocycles. The summed E-state index contributed by atoms with van der Waals surface area (Å²) in [4.78, 5) is 13.4. The molecule has 0 aromatic heterocycles. The monoisotopic (exact) mass is 285 g/mol. The van der Waals surface area contributed by atoms with Crippen molar-refractivity contribution in [2.45, 2.75) is 12.8 Å². The number of rotatable bonds is 3. The molecule has 1 aromatic carbocycles. The number of sulfone groups is 1. The van der Waals surface area contributed by atoms with Crippen LogP contribution in [0.25, 0.3) is 0 Å². The van der Waals surface area contributed by atoms with Gasteiger partial charge in [0.25, 0.3) is 0 Å².